The summed E-state index contributed by atoms with van der Waals surface area (Å²) in [5.74, 6) is -2.44. The Morgan fingerprint density at radius 1 is 1.17 bits per heavy atom. The summed E-state index contributed by atoms with van der Waals surface area (Å²) in [5, 5.41) is 1.62. The molecule has 156 valence electrons. The Morgan fingerprint density at radius 3 is 2.57 bits per heavy atom. The smallest absolute Gasteiger partial charge is 0.294 e. The number of nitrogens with one attached hydrogen (secondary N) is 1. The number of carbonyl (C=O) groups excluding carboxylic acids is 3. The average Bonchev–Trinajstić information content (AvgIpc) is 2.97. The highest BCUT2D eigenvalue weighted by molar-refractivity contribution is 8.18. The first-order valence-corrected chi connectivity index (χ1v) is 9.92. The Kier molecular flexibility index (Phi) is 6.83. The van der Waals surface area contributed by atoms with E-state index in [0.29, 0.717) is 35.7 Å². The van der Waals surface area contributed by atoms with E-state index in [-0.39, 0.29) is 10.6 Å². The van der Waals surface area contributed by atoms with Gasteiger partial charge in [0.1, 0.15) is 23.9 Å². The maximum absolute atomic E-state index is 13.7. The van der Waals surface area contributed by atoms with Crippen LogP contribution in [0, 0.1) is 11.6 Å². The first-order valence-electron chi connectivity index (χ1n) is 9.10. The lowest BCUT2D eigenvalue weighted by molar-refractivity contribution is -0.127. The zero-order valence-corrected chi connectivity index (χ0v) is 16.8. The number of hydrogen-bond donors (Lipinski definition) is 1. The van der Waals surface area contributed by atoms with Gasteiger partial charge in [-0.15, -0.1) is 0 Å². The van der Waals surface area contributed by atoms with Crippen molar-refractivity contribution < 1.29 is 27.9 Å². The van der Waals surface area contributed by atoms with Gasteiger partial charge in [0.25, 0.3) is 11.1 Å². The van der Waals surface area contributed by atoms with Crippen molar-refractivity contribution in [3.8, 4) is 5.75 Å². The Morgan fingerprint density at radius 2 is 1.90 bits per heavy atom. The van der Waals surface area contributed by atoms with E-state index in [9.17, 15) is 23.2 Å². The van der Waals surface area contributed by atoms with E-state index in [0.717, 1.165) is 23.5 Å². The van der Waals surface area contributed by atoms with E-state index < -0.39 is 35.2 Å². The van der Waals surface area contributed by atoms with Gasteiger partial charge in [-0.3, -0.25) is 19.3 Å². The minimum absolute atomic E-state index is 0.169. The minimum Gasteiger partial charge on any atom is -0.494 e. The molecule has 0 atom stereocenters. The number of benzene rings is 2. The maximum atomic E-state index is 13.7. The molecule has 1 aliphatic heterocycles. The highest BCUT2D eigenvalue weighted by atomic mass is 32.2. The van der Waals surface area contributed by atoms with E-state index in [4.69, 9.17) is 4.74 Å². The highest BCUT2D eigenvalue weighted by Gasteiger charge is 2.36. The van der Waals surface area contributed by atoms with Crippen LogP contribution >= 0.6 is 11.8 Å². The molecule has 1 saturated heterocycles. The first-order chi connectivity index (χ1) is 14.4. The van der Waals surface area contributed by atoms with E-state index in [2.05, 4.69) is 5.32 Å². The number of amides is 3. The molecule has 0 aromatic heterocycles. The van der Waals surface area contributed by atoms with Crippen molar-refractivity contribution in [1.82, 2.24) is 4.90 Å². The van der Waals surface area contributed by atoms with Crippen molar-refractivity contribution in [3.05, 3.63) is 64.6 Å². The van der Waals surface area contributed by atoms with Crippen molar-refractivity contribution in [2.75, 3.05) is 18.5 Å². The van der Waals surface area contributed by atoms with Crippen LogP contribution in [0.15, 0.2) is 47.4 Å². The SMILES string of the molecule is CCCOc1ccc(C=C2SC(=O)N(CC(=O)Nc3ccc(F)cc3F)C2=O)cc1. The molecule has 9 heteroatoms. The quantitative estimate of drug-likeness (QED) is 0.655. The standard InChI is InChI=1S/C21H18F2N2O4S/c1-2-9-29-15-6-3-13(4-7-15)10-18-20(27)25(21(28)30-18)12-19(26)24-17-8-5-14(22)11-16(17)23/h3-8,10-11H,2,9,12H2,1H3,(H,24,26). The summed E-state index contributed by atoms with van der Waals surface area (Å²) in [4.78, 5) is 37.7. The zero-order chi connectivity index (χ0) is 21.7. The molecule has 1 fully saturated rings. The minimum atomic E-state index is -0.955. The molecule has 6 nitrogen and oxygen atoms in total. The molecule has 2 aromatic carbocycles. The molecule has 0 radical (unpaired) electrons. The number of halogens is 2. The number of hydrogen-bond acceptors (Lipinski definition) is 5. The van der Waals surface area contributed by atoms with Crippen molar-refractivity contribution >= 4 is 40.6 Å². The summed E-state index contributed by atoms with van der Waals surface area (Å²) in [5.41, 5.74) is 0.455. The molecule has 3 amide bonds. The molecular weight excluding hydrogens is 414 g/mol. The molecule has 30 heavy (non-hydrogen) atoms. The van der Waals surface area contributed by atoms with Crippen molar-refractivity contribution in [2.45, 2.75) is 13.3 Å². The molecule has 3 rings (SSSR count). The number of thioether (sulfide) groups is 1. The van der Waals surface area contributed by atoms with Gasteiger partial charge in [-0.1, -0.05) is 19.1 Å². The Labute approximate surface area is 175 Å². The van der Waals surface area contributed by atoms with Gasteiger partial charge >= 0.3 is 0 Å². The second-order valence-electron chi connectivity index (χ2n) is 6.36. The van der Waals surface area contributed by atoms with Gasteiger partial charge in [-0.05, 0) is 54.1 Å². The van der Waals surface area contributed by atoms with Gasteiger partial charge in [0.05, 0.1) is 17.2 Å². The Hall–Kier alpha value is -3.20. The summed E-state index contributed by atoms with van der Waals surface area (Å²) in [7, 11) is 0. The monoisotopic (exact) mass is 432 g/mol. The van der Waals surface area contributed by atoms with Crippen LogP contribution in [-0.2, 0) is 9.59 Å². The summed E-state index contributed by atoms with van der Waals surface area (Å²) < 4.78 is 32.1. The Bertz CT molecular complexity index is 1010. The number of imide groups is 1. The fourth-order valence-corrected chi connectivity index (χ4v) is 3.43. The van der Waals surface area contributed by atoms with Crippen molar-refractivity contribution in [2.24, 2.45) is 0 Å². The van der Waals surface area contributed by atoms with Crippen LogP contribution < -0.4 is 10.1 Å². The van der Waals surface area contributed by atoms with Crippen molar-refractivity contribution in [3.63, 3.8) is 0 Å². The predicted molar refractivity (Wildman–Crippen MR) is 110 cm³/mol. The fraction of sp³-hybridized carbons (Fsp3) is 0.190. The van der Waals surface area contributed by atoms with E-state index in [1.165, 1.54) is 0 Å². The maximum Gasteiger partial charge on any atom is 0.294 e. The van der Waals surface area contributed by atoms with Gasteiger partial charge in [-0.25, -0.2) is 8.78 Å². The molecular formula is C21H18F2N2O4S. The van der Waals surface area contributed by atoms with Gasteiger partial charge in [0, 0.05) is 6.07 Å². The number of rotatable bonds is 7. The number of nitrogens with zero attached hydrogens (tertiary/aromatic N) is 1. The third kappa shape index (κ3) is 5.24. The molecule has 2 aromatic rings. The average molecular weight is 432 g/mol. The van der Waals surface area contributed by atoms with Crippen LogP contribution in [-0.4, -0.2) is 35.1 Å². The van der Waals surface area contributed by atoms with Crippen LogP contribution in [0.4, 0.5) is 19.3 Å². The van der Waals surface area contributed by atoms with Crippen molar-refractivity contribution in [1.29, 1.82) is 0 Å². The van der Waals surface area contributed by atoms with Crippen LogP contribution in [0.25, 0.3) is 6.08 Å². The van der Waals surface area contributed by atoms with Crippen LogP contribution in [0.3, 0.4) is 0 Å². The molecule has 1 aliphatic rings. The fourth-order valence-electron chi connectivity index (χ4n) is 2.59. The van der Waals surface area contributed by atoms with Gasteiger partial charge in [-0.2, -0.15) is 0 Å². The van der Waals surface area contributed by atoms with E-state index in [1.807, 2.05) is 6.92 Å². The third-order valence-electron chi connectivity index (χ3n) is 4.03. The molecule has 1 N–H and O–H groups in total. The van der Waals surface area contributed by atoms with Gasteiger partial charge in [0.2, 0.25) is 5.91 Å². The molecule has 0 saturated carbocycles. The van der Waals surface area contributed by atoms with Crippen LogP contribution in [0.1, 0.15) is 18.9 Å². The lowest BCUT2D eigenvalue weighted by atomic mass is 10.2. The highest BCUT2D eigenvalue weighted by Crippen LogP contribution is 2.32. The van der Waals surface area contributed by atoms with Gasteiger partial charge in [0.15, 0.2) is 0 Å². The molecule has 0 spiro atoms. The largest absolute Gasteiger partial charge is 0.494 e. The molecule has 0 bridgehead atoms. The lowest BCUT2D eigenvalue weighted by Gasteiger charge is -2.12. The van der Waals surface area contributed by atoms with E-state index in [1.54, 1.807) is 30.3 Å². The third-order valence-corrected chi connectivity index (χ3v) is 4.94. The number of carbonyl (C=O) groups is 3. The first kappa shape index (κ1) is 21.5. The normalized spacial score (nSPS) is 15.0. The van der Waals surface area contributed by atoms with E-state index >= 15 is 0 Å². The van der Waals surface area contributed by atoms with Crippen LogP contribution in [0.2, 0.25) is 0 Å². The molecule has 0 unspecified atom stereocenters. The zero-order valence-electron chi connectivity index (χ0n) is 16.0. The molecule has 0 aliphatic carbocycles. The summed E-state index contributed by atoms with van der Waals surface area (Å²) >= 11 is 0.712. The summed E-state index contributed by atoms with van der Waals surface area (Å²) in [6, 6.07) is 9.69. The Balaban J connectivity index is 1.65. The lowest BCUT2D eigenvalue weighted by Crippen LogP contribution is -2.36. The van der Waals surface area contributed by atoms with Crippen LogP contribution in [0.5, 0.6) is 5.75 Å². The summed E-state index contributed by atoms with van der Waals surface area (Å²) in [6.45, 7) is 2.02. The topological polar surface area (TPSA) is 75.7 Å². The number of anilines is 1. The summed E-state index contributed by atoms with van der Waals surface area (Å²) in [6.07, 6.45) is 2.43. The number of ether oxygens (including phenoxy) is 1. The van der Waals surface area contributed by atoms with Gasteiger partial charge < -0.3 is 10.1 Å². The second-order valence-corrected chi connectivity index (χ2v) is 7.35. The second kappa shape index (κ2) is 9.53. The predicted octanol–water partition coefficient (Wildman–Crippen LogP) is 4.43. The molecule has 1 heterocycles.